The van der Waals surface area contributed by atoms with Crippen LogP contribution in [0.5, 0.6) is 5.75 Å². The van der Waals surface area contributed by atoms with E-state index in [1.165, 1.54) is 6.07 Å². The highest BCUT2D eigenvalue weighted by Gasteiger charge is 2.14. The first-order valence-corrected chi connectivity index (χ1v) is 7.16. The molecule has 6 heteroatoms. The van der Waals surface area contributed by atoms with Crippen molar-refractivity contribution in [2.75, 3.05) is 5.32 Å². The van der Waals surface area contributed by atoms with Crippen molar-refractivity contribution in [2.24, 2.45) is 5.73 Å². The summed E-state index contributed by atoms with van der Waals surface area (Å²) in [4.78, 5) is 12.4. The minimum absolute atomic E-state index is 0.0734. The molecule has 0 heterocycles. The van der Waals surface area contributed by atoms with E-state index in [0.717, 1.165) is 3.57 Å². The van der Waals surface area contributed by atoms with E-state index in [2.05, 4.69) is 27.9 Å². The summed E-state index contributed by atoms with van der Waals surface area (Å²) in [7, 11) is 0. The number of amides is 1. The van der Waals surface area contributed by atoms with E-state index in [-0.39, 0.29) is 16.3 Å². The van der Waals surface area contributed by atoms with Crippen LogP contribution in [0.15, 0.2) is 42.5 Å². The number of benzene rings is 2. The molecule has 0 saturated carbocycles. The number of hydrogen-bond acceptors (Lipinski definition) is 3. The van der Waals surface area contributed by atoms with E-state index in [1.54, 1.807) is 36.4 Å². The fourth-order valence-corrected chi connectivity index (χ4v) is 2.36. The molecule has 0 atom stereocenters. The van der Waals surface area contributed by atoms with Gasteiger partial charge in [-0.25, -0.2) is 0 Å². The van der Waals surface area contributed by atoms with Crippen LogP contribution in [0.4, 0.5) is 5.69 Å². The summed E-state index contributed by atoms with van der Waals surface area (Å²) in [5.74, 6) is -0.486. The van der Waals surface area contributed by atoms with Gasteiger partial charge in [0.05, 0.1) is 11.3 Å². The summed E-state index contributed by atoms with van der Waals surface area (Å²) in [5, 5.41) is 12.5. The fourth-order valence-electron chi connectivity index (χ4n) is 1.69. The standard InChI is InChI=1S/C14H11IN2O2S/c15-8-5-6-12(18)10(7-8)14(19)17-11-4-2-1-3-9(11)13(16)20/h1-7,18H,(H2,16,20)(H,17,19). The van der Waals surface area contributed by atoms with E-state index in [1.807, 2.05) is 0 Å². The number of anilines is 1. The minimum Gasteiger partial charge on any atom is -0.507 e. The Morgan fingerprint density at radius 3 is 2.60 bits per heavy atom. The van der Waals surface area contributed by atoms with Gasteiger partial charge in [-0.05, 0) is 52.9 Å². The van der Waals surface area contributed by atoms with Crippen LogP contribution in [-0.2, 0) is 0 Å². The van der Waals surface area contributed by atoms with Crippen molar-refractivity contribution >= 4 is 51.4 Å². The molecular formula is C14H11IN2O2S. The van der Waals surface area contributed by atoms with Gasteiger partial charge in [0, 0.05) is 9.13 Å². The van der Waals surface area contributed by atoms with Crippen LogP contribution in [0.1, 0.15) is 15.9 Å². The van der Waals surface area contributed by atoms with Crippen molar-refractivity contribution in [3.8, 4) is 5.75 Å². The number of thiocarbonyl (C=S) groups is 1. The third-order valence-electron chi connectivity index (χ3n) is 2.64. The Hall–Kier alpha value is -1.67. The van der Waals surface area contributed by atoms with Crippen molar-refractivity contribution in [1.82, 2.24) is 0 Å². The molecule has 2 aromatic carbocycles. The Morgan fingerprint density at radius 1 is 1.20 bits per heavy atom. The zero-order valence-electron chi connectivity index (χ0n) is 10.3. The predicted molar refractivity (Wildman–Crippen MR) is 91.1 cm³/mol. The molecule has 102 valence electrons. The molecule has 0 fully saturated rings. The predicted octanol–water partition coefficient (Wildman–Crippen LogP) is 2.88. The molecule has 0 aliphatic heterocycles. The highest BCUT2D eigenvalue weighted by Crippen LogP contribution is 2.22. The molecule has 0 radical (unpaired) electrons. The van der Waals surface area contributed by atoms with Gasteiger partial charge in [0.15, 0.2) is 0 Å². The minimum atomic E-state index is -0.412. The van der Waals surface area contributed by atoms with E-state index in [0.29, 0.717) is 11.3 Å². The summed E-state index contributed by atoms with van der Waals surface area (Å²) in [6, 6.07) is 11.8. The molecule has 0 aliphatic rings. The monoisotopic (exact) mass is 398 g/mol. The van der Waals surface area contributed by atoms with Gasteiger partial charge in [-0.2, -0.15) is 0 Å². The Balaban J connectivity index is 2.33. The van der Waals surface area contributed by atoms with Crippen molar-refractivity contribution < 1.29 is 9.90 Å². The lowest BCUT2D eigenvalue weighted by Crippen LogP contribution is -2.17. The van der Waals surface area contributed by atoms with Gasteiger partial charge in [0.2, 0.25) is 0 Å². The summed E-state index contributed by atoms with van der Waals surface area (Å²) >= 11 is 7.01. The maximum absolute atomic E-state index is 12.2. The van der Waals surface area contributed by atoms with Crippen LogP contribution >= 0.6 is 34.8 Å². The SMILES string of the molecule is NC(=S)c1ccccc1NC(=O)c1cc(I)ccc1O. The van der Waals surface area contributed by atoms with Crippen LogP contribution in [0.2, 0.25) is 0 Å². The second-order valence-electron chi connectivity index (χ2n) is 4.03. The second kappa shape index (κ2) is 6.19. The van der Waals surface area contributed by atoms with E-state index in [4.69, 9.17) is 18.0 Å². The van der Waals surface area contributed by atoms with Crippen LogP contribution in [0.25, 0.3) is 0 Å². The molecule has 4 N–H and O–H groups in total. The summed E-state index contributed by atoms with van der Waals surface area (Å²) in [6.45, 7) is 0. The van der Waals surface area contributed by atoms with Gasteiger partial charge >= 0.3 is 0 Å². The van der Waals surface area contributed by atoms with Crippen LogP contribution < -0.4 is 11.1 Å². The van der Waals surface area contributed by atoms with Crippen LogP contribution in [-0.4, -0.2) is 16.0 Å². The third kappa shape index (κ3) is 3.26. The van der Waals surface area contributed by atoms with Crippen molar-refractivity contribution in [2.45, 2.75) is 0 Å². The van der Waals surface area contributed by atoms with Crippen LogP contribution in [0, 0.1) is 3.57 Å². The second-order valence-corrected chi connectivity index (χ2v) is 5.71. The number of phenols is 1. The zero-order chi connectivity index (χ0) is 14.7. The first-order chi connectivity index (χ1) is 9.49. The maximum atomic E-state index is 12.2. The normalized spacial score (nSPS) is 10.1. The summed E-state index contributed by atoms with van der Waals surface area (Å²) < 4.78 is 0.855. The van der Waals surface area contributed by atoms with Gasteiger partial charge in [0.1, 0.15) is 10.7 Å². The van der Waals surface area contributed by atoms with Gasteiger partial charge < -0.3 is 16.2 Å². The van der Waals surface area contributed by atoms with E-state index in [9.17, 15) is 9.90 Å². The van der Waals surface area contributed by atoms with Gasteiger partial charge in [-0.3, -0.25) is 4.79 Å². The summed E-state index contributed by atoms with van der Waals surface area (Å²) in [6.07, 6.45) is 0. The molecule has 4 nitrogen and oxygen atoms in total. The van der Waals surface area contributed by atoms with Crippen molar-refractivity contribution in [3.63, 3.8) is 0 Å². The van der Waals surface area contributed by atoms with Gasteiger partial charge in [-0.15, -0.1) is 0 Å². The fraction of sp³-hybridized carbons (Fsp3) is 0. The number of hydrogen-bond donors (Lipinski definition) is 3. The first kappa shape index (κ1) is 14.7. The molecule has 2 rings (SSSR count). The number of aromatic hydroxyl groups is 1. The molecular weight excluding hydrogens is 387 g/mol. The number of phenolic OH excluding ortho intramolecular Hbond substituents is 1. The van der Waals surface area contributed by atoms with Crippen molar-refractivity contribution in [1.29, 1.82) is 0 Å². The number of rotatable bonds is 3. The number of para-hydroxylation sites is 1. The number of halogens is 1. The third-order valence-corrected chi connectivity index (χ3v) is 3.53. The average Bonchev–Trinajstić information content (AvgIpc) is 2.41. The summed E-state index contributed by atoms with van der Waals surface area (Å²) in [5.41, 5.74) is 6.92. The number of carbonyl (C=O) groups is 1. The number of carbonyl (C=O) groups excluding carboxylic acids is 1. The Labute approximate surface area is 135 Å². The molecule has 1 amide bonds. The quantitative estimate of drug-likeness (QED) is 0.549. The topological polar surface area (TPSA) is 75.3 Å². The number of nitrogens with two attached hydrogens (primary N) is 1. The first-order valence-electron chi connectivity index (χ1n) is 5.67. The Kier molecular flexibility index (Phi) is 4.56. The lowest BCUT2D eigenvalue weighted by atomic mass is 10.1. The lowest BCUT2D eigenvalue weighted by Gasteiger charge is -2.11. The van der Waals surface area contributed by atoms with Crippen LogP contribution in [0.3, 0.4) is 0 Å². The number of nitrogens with one attached hydrogen (secondary N) is 1. The van der Waals surface area contributed by atoms with Gasteiger partial charge in [0.25, 0.3) is 5.91 Å². The molecule has 0 spiro atoms. The molecule has 0 bridgehead atoms. The average molecular weight is 398 g/mol. The molecule has 2 aromatic rings. The van der Waals surface area contributed by atoms with Crippen molar-refractivity contribution in [3.05, 3.63) is 57.2 Å². The van der Waals surface area contributed by atoms with Gasteiger partial charge in [-0.1, -0.05) is 24.4 Å². The Morgan fingerprint density at radius 2 is 1.90 bits per heavy atom. The Bertz CT molecular complexity index is 689. The lowest BCUT2D eigenvalue weighted by molar-refractivity contribution is 0.102. The smallest absolute Gasteiger partial charge is 0.259 e. The van der Waals surface area contributed by atoms with E-state index >= 15 is 0 Å². The largest absolute Gasteiger partial charge is 0.507 e. The zero-order valence-corrected chi connectivity index (χ0v) is 13.2. The highest BCUT2D eigenvalue weighted by atomic mass is 127. The molecule has 0 saturated heterocycles. The molecule has 20 heavy (non-hydrogen) atoms. The molecule has 0 unspecified atom stereocenters. The maximum Gasteiger partial charge on any atom is 0.259 e. The molecule has 0 aromatic heterocycles. The van der Waals surface area contributed by atoms with E-state index < -0.39 is 5.91 Å². The molecule has 0 aliphatic carbocycles. The highest BCUT2D eigenvalue weighted by molar-refractivity contribution is 14.1.